The summed E-state index contributed by atoms with van der Waals surface area (Å²) in [7, 11) is 0. The number of hydrogen-bond donors (Lipinski definition) is 0. The summed E-state index contributed by atoms with van der Waals surface area (Å²) in [4.78, 5) is 10.6. The van der Waals surface area contributed by atoms with Crippen LogP contribution >= 0.6 is 11.6 Å². The highest BCUT2D eigenvalue weighted by atomic mass is 35.5. The fourth-order valence-corrected chi connectivity index (χ4v) is 1.85. The van der Waals surface area contributed by atoms with Gasteiger partial charge in [-0.3, -0.25) is 4.79 Å². The van der Waals surface area contributed by atoms with Crippen LogP contribution in [0.15, 0.2) is 48.5 Å². The van der Waals surface area contributed by atoms with Gasteiger partial charge in [0.2, 0.25) is 0 Å². The van der Waals surface area contributed by atoms with Crippen LogP contribution < -0.4 is 4.74 Å². The summed E-state index contributed by atoms with van der Waals surface area (Å²) in [5, 5.41) is 0. The zero-order valence-electron chi connectivity index (χ0n) is 10.5. The molecule has 0 aromatic heterocycles. The minimum Gasteiger partial charge on any atom is -0.494 e. The van der Waals surface area contributed by atoms with Crippen molar-refractivity contribution in [2.24, 2.45) is 0 Å². The highest BCUT2D eigenvalue weighted by Crippen LogP contribution is 2.22. The van der Waals surface area contributed by atoms with E-state index in [9.17, 15) is 4.79 Å². The first-order valence-electron chi connectivity index (χ1n) is 6.18. The van der Waals surface area contributed by atoms with E-state index in [0.717, 1.165) is 29.6 Å². The quantitative estimate of drug-likeness (QED) is 0.449. The lowest BCUT2D eigenvalue weighted by molar-refractivity contribution is 0.112. The molecule has 2 aromatic rings. The molecule has 19 heavy (non-hydrogen) atoms. The Morgan fingerprint density at radius 1 is 0.947 bits per heavy atom. The predicted molar refractivity (Wildman–Crippen MR) is 78.1 cm³/mol. The van der Waals surface area contributed by atoms with Gasteiger partial charge in [-0.2, -0.15) is 0 Å². The van der Waals surface area contributed by atoms with Crippen LogP contribution in [0.1, 0.15) is 16.8 Å². The van der Waals surface area contributed by atoms with Gasteiger partial charge in [-0.15, -0.1) is 11.6 Å². The molecule has 0 amide bonds. The Morgan fingerprint density at radius 3 is 2.05 bits per heavy atom. The molecule has 0 aliphatic carbocycles. The first kappa shape index (κ1) is 13.6. The summed E-state index contributed by atoms with van der Waals surface area (Å²) < 4.78 is 5.54. The number of hydrogen-bond acceptors (Lipinski definition) is 2. The van der Waals surface area contributed by atoms with Gasteiger partial charge in [-0.1, -0.05) is 36.4 Å². The molecule has 0 atom stereocenters. The van der Waals surface area contributed by atoms with E-state index in [1.165, 1.54) is 0 Å². The minimum absolute atomic E-state index is 0.612. The minimum atomic E-state index is 0.612. The normalized spacial score (nSPS) is 10.2. The van der Waals surface area contributed by atoms with Crippen molar-refractivity contribution in [1.82, 2.24) is 0 Å². The molecule has 2 nitrogen and oxygen atoms in total. The molecule has 2 rings (SSSR count). The zero-order valence-corrected chi connectivity index (χ0v) is 11.3. The molecule has 0 heterocycles. The SMILES string of the molecule is O=Cc1ccc(-c2ccc(OCCCCl)cc2)cc1. The number of carbonyl (C=O) groups excluding carboxylic acids is 1. The Hall–Kier alpha value is -1.80. The molecule has 0 aliphatic heterocycles. The fourth-order valence-electron chi connectivity index (χ4n) is 1.74. The van der Waals surface area contributed by atoms with E-state index in [1.54, 1.807) is 0 Å². The fraction of sp³-hybridized carbons (Fsp3) is 0.188. The van der Waals surface area contributed by atoms with Crippen molar-refractivity contribution in [2.45, 2.75) is 6.42 Å². The Morgan fingerprint density at radius 2 is 1.53 bits per heavy atom. The number of alkyl halides is 1. The number of halogens is 1. The molecule has 0 radical (unpaired) electrons. The molecule has 0 spiro atoms. The maximum absolute atomic E-state index is 10.6. The summed E-state index contributed by atoms with van der Waals surface area (Å²) in [6.45, 7) is 0.636. The summed E-state index contributed by atoms with van der Waals surface area (Å²) in [6, 6.07) is 15.4. The van der Waals surface area contributed by atoms with Crippen LogP contribution in [0.4, 0.5) is 0 Å². The molecule has 3 heteroatoms. The van der Waals surface area contributed by atoms with E-state index in [2.05, 4.69) is 0 Å². The van der Waals surface area contributed by atoms with Crippen molar-refractivity contribution in [3.63, 3.8) is 0 Å². The van der Waals surface area contributed by atoms with Crippen LogP contribution in [0.5, 0.6) is 5.75 Å². The molecule has 0 aliphatic rings. The van der Waals surface area contributed by atoms with Gasteiger partial charge in [-0.05, 0) is 29.7 Å². The van der Waals surface area contributed by atoms with Crippen LogP contribution in [0.3, 0.4) is 0 Å². The molecular formula is C16H15ClO2. The van der Waals surface area contributed by atoms with Gasteiger partial charge < -0.3 is 4.74 Å². The predicted octanol–water partition coefficient (Wildman–Crippen LogP) is 4.17. The van der Waals surface area contributed by atoms with Crippen molar-refractivity contribution in [1.29, 1.82) is 0 Å². The van der Waals surface area contributed by atoms with Gasteiger partial charge in [-0.25, -0.2) is 0 Å². The summed E-state index contributed by atoms with van der Waals surface area (Å²) >= 11 is 5.59. The molecule has 98 valence electrons. The van der Waals surface area contributed by atoms with E-state index in [4.69, 9.17) is 16.3 Å². The summed E-state index contributed by atoms with van der Waals surface area (Å²) in [5.74, 6) is 1.46. The second-order valence-electron chi connectivity index (χ2n) is 4.16. The molecule has 0 N–H and O–H groups in total. The van der Waals surface area contributed by atoms with Gasteiger partial charge in [0.15, 0.2) is 0 Å². The summed E-state index contributed by atoms with van der Waals surface area (Å²) in [6.07, 6.45) is 1.69. The van der Waals surface area contributed by atoms with E-state index in [0.29, 0.717) is 18.1 Å². The van der Waals surface area contributed by atoms with E-state index in [-0.39, 0.29) is 0 Å². The highest BCUT2D eigenvalue weighted by molar-refractivity contribution is 6.17. The Balaban J connectivity index is 2.06. The Labute approximate surface area is 118 Å². The van der Waals surface area contributed by atoms with Crippen LogP contribution in [0.2, 0.25) is 0 Å². The van der Waals surface area contributed by atoms with Gasteiger partial charge in [0, 0.05) is 11.4 Å². The molecule has 0 fully saturated rings. The van der Waals surface area contributed by atoms with Crippen molar-refractivity contribution in [2.75, 3.05) is 12.5 Å². The summed E-state index contributed by atoms with van der Waals surface area (Å²) in [5.41, 5.74) is 2.87. The number of benzene rings is 2. The van der Waals surface area contributed by atoms with Crippen molar-refractivity contribution >= 4 is 17.9 Å². The standard InChI is InChI=1S/C16H15ClO2/c17-10-1-11-19-16-8-6-15(7-9-16)14-4-2-13(12-18)3-5-14/h2-9,12H,1,10-11H2. The monoisotopic (exact) mass is 274 g/mol. The van der Waals surface area contributed by atoms with Gasteiger partial charge >= 0.3 is 0 Å². The topological polar surface area (TPSA) is 26.3 Å². The van der Waals surface area contributed by atoms with Crippen LogP contribution in [0, 0.1) is 0 Å². The molecular weight excluding hydrogens is 260 g/mol. The molecule has 2 aromatic carbocycles. The van der Waals surface area contributed by atoms with Crippen molar-refractivity contribution in [3.05, 3.63) is 54.1 Å². The van der Waals surface area contributed by atoms with Crippen LogP contribution in [0.25, 0.3) is 11.1 Å². The molecule has 0 saturated heterocycles. The van der Waals surface area contributed by atoms with E-state index < -0.39 is 0 Å². The maximum Gasteiger partial charge on any atom is 0.150 e. The van der Waals surface area contributed by atoms with Gasteiger partial charge in [0.25, 0.3) is 0 Å². The first-order valence-corrected chi connectivity index (χ1v) is 6.71. The second-order valence-corrected chi connectivity index (χ2v) is 4.53. The van der Waals surface area contributed by atoms with Crippen LogP contribution in [-0.2, 0) is 0 Å². The first-order chi connectivity index (χ1) is 9.33. The number of ether oxygens (including phenoxy) is 1. The Bertz CT molecular complexity index is 517. The number of rotatable bonds is 6. The van der Waals surface area contributed by atoms with Crippen LogP contribution in [-0.4, -0.2) is 18.8 Å². The highest BCUT2D eigenvalue weighted by Gasteiger charge is 1.99. The third-order valence-corrected chi connectivity index (χ3v) is 3.05. The smallest absolute Gasteiger partial charge is 0.150 e. The lowest BCUT2D eigenvalue weighted by Gasteiger charge is -2.06. The lowest BCUT2D eigenvalue weighted by Crippen LogP contribution is -1.97. The van der Waals surface area contributed by atoms with E-state index in [1.807, 2.05) is 48.5 Å². The average Bonchev–Trinajstić information content (AvgIpc) is 2.48. The Kier molecular flexibility index (Phi) is 4.99. The van der Waals surface area contributed by atoms with Gasteiger partial charge in [0.1, 0.15) is 12.0 Å². The third kappa shape index (κ3) is 3.83. The van der Waals surface area contributed by atoms with Crippen molar-refractivity contribution in [3.8, 4) is 16.9 Å². The average molecular weight is 275 g/mol. The van der Waals surface area contributed by atoms with Gasteiger partial charge in [0.05, 0.1) is 6.61 Å². The van der Waals surface area contributed by atoms with E-state index >= 15 is 0 Å². The second kappa shape index (κ2) is 6.95. The maximum atomic E-state index is 10.6. The molecule has 0 unspecified atom stereocenters. The largest absolute Gasteiger partial charge is 0.494 e. The molecule has 0 saturated carbocycles. The lowest BCUT2D eigenvalue weighted by atomic mass is 10.0. The van der Waals surface area contributed by atoms with Crippen molar-refractivity contribution < 1.29 is 9.53 Å². The number of carbonyl (C=O) groups is 1. The molecule has 0 bridgehead atoms. The third-order valence-electron chi connectivity index (χ3n) is 2.78. The zero-order chi connectivity index (χ0) is 13.5. The number of aldehydes is 1.